The Balaban J connectivity index is 3.22. The van der Waals surface area contributed by atoms with Crippen LogP contribution in [0.15, 0.2) is 12.2 Å². The first-order chi connectivity index (χ1) is 12.1. The van der Waals surface area contributed by atoms with E-state index in [9.17, 15) is 66.7 Å². The zero-order chi connectivity index (χ0) is 22.6. The molecule has 0 unspecified atom stereocenters. The van der Waals surface area contributed by atoms with Crippen molar-refractivity contribution in [1.82, 2.24) is 4.90 Å². The molecule has 0 saturated heterocycles. The molecule has 0 atom stereocenters. The van der Waals surface area contributed by atoms with E-state index in [1.807, 2.05) is 0 Å². The topological polar surface area (TPSA) is 37.4 Å². The lowest BCUT2D eigenvalue weighted by atomic mass is 9.92. The van der Waals surface area contributed by atoms with Gasteiger partial charge in [0.25, 0.3) is 11.8 Å². The van der Waals surface area contributed by atoms with Gasteiger partial charge in [0, 0.05) is 25.1 Å². The number of rotatable bonds is 7. The van der Waals surface area contributed by atoms with Crippen LogP contribution in [0, 0.1) is 0 Å². The molecule has 0 aliphatic carbocycles. The molecule has 0 saturated carbocycles. The summed E-state index contributed by atoms with van der Waals surface area (Å²) in [5.41, 5.74) is 0. The molecule has 162 valence electrons. The average molecular weight is 443 g/mol. The Morgan fingerprint density at radius 1 is 0.607 bits per heavy atom. The quantitative estimate of drug-likeness (QED) is 0.440. The van der Waals surface area contributed by atoms with Gasteiger partial charge in [-0.3, -0.25) is 14.5 Å². The van der Waals surface area contributed by atoms with Crippen LogP contribution in [-0.4, -0.2) is 59.0 Å². The van der Waals surface area contributed by atoms with E-state index in [4.69, 9.17) is 0 Å². The largest absolute Gasteiger partial charge is 0.460 e. The van der Waals surface area contributed by atoms with Crippen molar-refractivity contribution in [3.05, 3.63) is 12.2 Å². The lowest BCUT2D eigenvalue weighted by Crippen LogP contribution is -2.70. The normalized spacial score (nSPS) is 17.7. The first kappa shape index (κ1) is 24.0. The van der Waals surface area contributed by atoms with Crippen LogP contribution in [0.25, 0.3) is 0 Å². The molecule has 16 heteroatoms. The lowest BCUT2D eigenvalue weighted by Gasteiger charge is -2.39. The monoisotopic (exact) mass is 443 g/mol. The molecule has 28 heavy (non-hydrogen) atoms. The molecule has 0 aromatic rings. The highest BCUT2D eigenvalue weighted by atomic mass is 19.4. The molecule has 0 N–H and O–H groups in total. The van der Waals surface area contributed by atoms with Crippen molar-refractivity contribution in [2.24, 2.45) is 0 Å². The van der Waals surface area contributed by atoms with Crippen molar-refractivity contribution in [3.8, 4) is 0 Å². The van der Waals surface area contributed by atoms with Crippen molar-refractivity contribution >= 4 is 11.8 Å². The number of carbonyl (C=O) groups excluding carboxylic acids is 2. The van der Waals surface area contributed by atoms with Crippen LogP contribution in [0.1, 0.15) is 6.42 Å². The lowest BCUT2D eigenvalue weighted by molar-refractivity contribution is -0.440. The van der Waals surface area contributed by atoms with Crippen molar-refractivity contribution in [3.63, 3.8) is 0 Å². The summed E-state index contributed by atoms with van der Waals surface area (Å²) in [7, 11) is 0. The number of nitrogens with zero attached hydrogens (tertiary/aromatic N) is 1. The maximum Gasteiger partial charge on any atom is 0.460 e. The third-order valence-corrected chi connectivity index (χ3v) is 3.55. The van der Waals surface area contributed by atoms with Gasteiger partial charge in [-0.05, 0) is 0 Å². The van der Waals surface area contributed by atoms with Crippen LogP contribution in [0.4, 0.5) is 57.1 Å². The maximum absolute atomic E-state index is 13.5. The van der Waals surface area contributed by atoms with E-state index >= 15 is 0 Å². The molecule has 0 bridgehead atoms. The van der Waals surface area contributed by atoms with Crippen LogP contribution in [0.5, 0.6) is 0 Å². The summed E-state index contributed by atoms with van der Waals surface area (Å²) in [5.74, 6) is -40.2. The Bertz CT molecular complexity index is 661. The van der Waals surface area contributed by atoms with Gasteiger partial charge in [0.05, 0.1) is 0 Å². The van der Waals surface area contributed by atoms with Gasteiger partial charge in [0.2, 0.25) is 0 Å². The van der Waals surface area contributed by atoms with Gasteiger partial charge in [-0.25, -0.2) is 0 Å². The SMILES string of the molecule is O=C1C=CC(=O)N1CCC(F)(F)C(F)(F)C(F)(F)C(F)(F)C(F)(F)C(F)(F)F. The second kappa shape index (κ2) is 6.50. The Morgan fingerprint density at radius 2 is 0.964 bits per heavy atom. The van der Waals surface area contributed by atoms with Gasteiger partial charge in [0.15, 0.2) is 0 Å². The molecule has 3 nitrogen and oxygen atoms in total. The fraction of sp³-hybridized carbons (Fsp3) is 0.667. The van der Waals surface area contributed by atoms with Crippen LogP contribution in [-0.2, 0) is 9.59 Å². The summed E-state index contributed by atoms with van der Waals surface area (Å²) in [4.78, 5) is 21.9. The number of carbonyl (C=O) groups is 2. The molecule has 0 aromatic heterocycles. The van der Waals surface area contributed by atoms with E-state index in [1.54, 1.807) is 0 Å². The number of halogens is 13. The van der Waals surface area contributed by atoms with Gasteiger partial charge in [-0.2, -0.15) is 57.1 Å². The fourth-order valence-corrected chi connectivity index (χ4v) is 1.86. The zero-order valence-electron chi connectivity index (χ0n) is 12.7. The smallest absolute Gasteiger partial charge is 0.275 e. The van der Waals surface area contributed by atoms with Gasteiger partial charge in [-0.15, -0.1) is 0 Å². The zero-order valence-corrected chi connectivity index (χ0v) is 12.7. The first-order valence-corrected chi connectivity index (χ1v) is 6.64. The van der Waals surface area contributed by atoms with Crippen molar-refractivity contribution in [2.45, 2.75) is 42.2 Å². The third-order valence-electron chi connectivity index (χ3n) is 3.55. The number of hydrogen-bond acceptors (Lipinski definition) is 2. The molecule has 1 aliphatic rings. The molecule has 0 fully saturated rings. The van der Waals surface area contributed by atoms with Crippen LogP contribution in [0.2, 0.25) is 0 Å². The molecule has 2 amide bonds. The first-order valence-electron chi connectivity index (χ1n) is 6.64. The summed E-state index contributed by atoms with van der Waals surface area (Å²) >= 11 is 0. The fourth-order valence-electron chi connectivity index (χ4n) is 1.86. The molecular formula is C12H6F13NO2. The standard InChI is InChI=1S/C12H6F13NO2/c13-7(14,3-4-26-5(27)1-2-6(26)28)8(15,16)9(17,18)10(19,20)11(21,22)12(23,24)25/h1-2H,3-4H2. The minimum atomic E-state index is -7.98. The van der Waals surface area contributed by atoms with E-state index in [0.29, 0.717) is 12.2 Å². The minimum Gasteiger partial charge on any atom is -0.275 e. The third kappa shape index (κ3) is 3.29. The molecule has 0 radical (unpaired) electrons. The van der Waals surface area contributed by atoms with E-state index in [1.165, 1.54) is 0 Å². The average Bonchev–Trinajstić information content (AvgIpc) is 2.82. The summed E-state index contributed by atoms with van der Waals surface area (Å²) < 4.78 is 167. The molecule has 0 aromatic carbocycles. The summed E-state index contributed by atoms with van der Waals surface area (Å²) in [5, 5.41) is 0. The van der Waals surface area contributed by atoms with Gasteiger partial charge in [-0.1, -0.05) is 0 Å². The summed E-state index contributed by atoms with van der Waals surface area (Å²) in [6, 6.07) is 0. The molecule has 0 spiro atoms. The number of hydrogen-bond donors (Lipinski definition) is 0. The molecular weight excluding hydrogens is 437 g/mol. The van der Waals surface area contributed by atoms with E-state index < -0.39 is 60.6 Å². The van der Waals surface area contributed by atoms with E-state index in [2.05, 4.69) is 0 Å². The Morgan fingerprint density at radius 3 is 1.32 bits per heavy atom. The predicted octanol–water partition coefficient (Wildman–Crippen LogP) is 4.04. The maximum atomic E-state index is 13.5. The predicted molar refractivity (Wildman–Crippen MR) is 61.3 cm³/mol. The van der Waals surface area contributed by atoms with Crippen LogP contribution < -0.4 is 0 Å². The Kier molecular flexibility index (Phi) is 5.58. The minimum absolute atomic E-state index is 0.204. The highest BCUT2D eigenvalue weighted by Crippen LogP contribution is 2.60. The summed E-state index contributed by atoms with van der Waals surface area (Å²) in [6.45, 7) is -1.75. The molecule has 1 rings (SSSR count). The van der Waals surface area contributed by atoms with E-state index in [-0.39, 0.29) is 4.90 Å². The van der Waals surface area contributed by atoms with Crippen LogP contribution >= 0.6 is 0 Å². The van der Waals surface area contributed by atoms with Crippen molar-refractivity contribution in [2.75, 3.05) is 6.54 Å². The van der Waals surface area contributed by atoms with Crippen molar-refractivity contribution in [1.29, 1.82) is 0 Å². The van der Waals surface area contributed by atoms with Gasteiger partial charge in [0.1, 0.15) is 0 Å². The highest BCUT2D eigenvalue weighted by Gasteiger charge is 2.90. The second-order valence-electron chi connectivity index (χ2n) is 5.41. The second-order valence-corrected chi connectivity index (χ2v) is 5.41. The number of imide groups is 1. The Labute approximate surface area is 145 Å². The molecule has 1 heterocycles. The van der Waals surface area contributed by atoms with Crippen LogP contribution in [0.3, 0.4) is 0 Å². The van der Waals surface area contributed by atoms with Gasteiger partial charge >= 0.3 is 35.8 Å². The number of alkyl halides is 13. The van der Waals surface area contributed by atoms with Crippen molar-refractivity contribution < 1.29 is 66.7 Å². The highest BCUT2D eigenvalue weighted by molar-refractivity contribution is 6.12. The Hall–Kier alpha value is -2.03. The number of amides is 2. The summed E-state index contributed by atoms with van der Waals surface area (Å²) in [6.07, 6.45) is -9.22. The molecule has 1 aliphatic heterocycles. The van der Waals surface area contributed by atoms with Gasteiger partial charge < -0.3 is 0 Å². The van der Waals surface area contributed by atoms with E-state index in [0.717, 1.165) is 0 Å².